The first-order valence-corrected chi connectivity index (χ1v) is 29.6. The maximum atomic E-state index is 12.8. The Balaban J connectivity index is 4.56. The highest BCUT2D eigenvalue weighted by molar-refractivity contribution is 5.71. The van der Waals surface area contributed by atoms with Crippen molar-refractivity contribution in [3.63, 3.8) is 0 Å². The zero-order valence-corrected chi connectivity index (χ0v) is 48.4. The summed E-state index contributed by atoms with van der Waals surface area (Å²) in [6.07, 6.45) is 97.0. The molecule has 0 bridgehead atoms. The highest BCUT2D eigenvalue weighted by Crippen LogP contribution is 2.11. The molecule has 0 saturated heterocycles. The van der Waals surface area contributed by atoms with E-state index < -0.39 is 6.10 Å². The molecule has 0 saturated carbocycles. The molecule has 0 fully saturated rings. The molecule has 0 rings (SSSR count). The molecule has 0 aliphatic carbocycles. The number of carbonyl (C=O) groups excluding carboxylic acids is 3. The second-order valence-electron chi connectivity index (χ2n) is 18.4. The number of unbranched alkanes of at least 4 members (excludes halogenated alkanes) is 5. The lowest BCUT2D eigenvalue weighted by molar-refractivity contribution is -0.166. The summed E-state index contributed by atoms with van der Waals surface area (Å²) in [6.45, 7) is 6.13. The number of ether oxygens (including phenoxy) is 3. The Labute approximate surface area is 470 Å². The van der Waals surface area contributed by atoms with Crippen molar-refractivity contribution in [2.45, 2.75) is 207 Å². The van der Waals surface area contributed by atoms with Gasteiger partial charge in [-0.05, 0) is 148 Å². The van der Waals surface area contributed by atoms with Crippen molar-refractivity contribution >= 4 is 17.9 Å². The summed E-state index contributed by atoms with van der Waals surface area (Å²) >= 11 is 0. The summed E-state index contributed by atoms with van der Waals surface area (Å²) in [5.41, 5.74) is 0. The first-order chi connectivity index (χ1) is 38.0. The van der Waals surface area contributed by atoms with Crippen molar-refractivity contribution < 1.29 is 28.6 Å². The van der Waals surface area contributed by atoms with Crippen LogP contribution in [-0.2, 0) is 28.6 Å². The summed E-state index contributed by atoms with van der Waals surface area (Å²) in [5, 5.41) is 0. The molecule has 6 heteroatoms. The summed E-state index contributed by atoms with van der Waals surface area (Å²) in [5.74, 6) is -1.13. The van der Waals surface area contributed by atoms with Gasteiger partial charge < -0.3 is 14.2 Å². The quantitative estimate of drug-likeness (QED) is 0.0261. The van der Waals surface area contributed by atoms with Gasteiger partial charge in [-0.25, -0.2) is 0 Å². The summed E-state index contributed by atoms with van der Waals surface area (Å²) in [6, 6.07) is 0. The van der Waals surface area contributed by atoms with Crippen LogP contribution in [0.4, 0.5) is 0 Å². The third-order valence-electron chi connectivity index (χ3n) is 11.3. The lowest BCUT2D eigenvalue weighted by Gasteiger charge is -2.18. The van der Waals surface area contributed by atoms with E-state index in [0.717, 1.165) is 141 Å². The molecule has 77 heavy (non-hydrogen) atoms. The molecule has 0 spiro atoms. The van der Waals surface area contributed by atoms with Gasteiger partial charge in [0.2, 0.25) is 0 Å². The molecule has 0 amide bonds. The van der Waals surface area contributed by atoms with Gasteiger partial charge in [-0.1, -0.05) is 240 Å². The molecule has 424 valence electrons. The van der Waals surface area contributed by atoms with Gasteiger partial charge in [0.15, 0.2) is 6.10 Å². The second-order valence-corrected chi connectivity index (χ2v) is 18.4. The highest BCUT2D eigenvalue weighted by Gasteiger charge is 2.19. The normalized spacial score (nSPS) is 13.6. The summed E-state index contributed by atoms with van der Waals surface area (Å²) in [7, 11) is 0. The maximum Gasteiger partial charge on any atom is 0.306 e. The largest absolute Gasteiger partial charge is 0.462 e. The molecule has 0 radical (unpaired) electrons. The lowest BCUT2D eigenvalue weighted by Crippen LogP contribution is -2.30. The standard InChI is InChI=1S/C71H104O6/c1-4-7-10-13-16-19-22-25-27-29-30-31-32-33-34-35-36-37-38-39-40-42-43-46-49-52-55-58-61-64-70(73)76-67-68(66-75-69(72)63-60-57-54-51-48-45-24-21-18-15-12-9-6-3)77-71(74)65-62-59-56-53-50-47-44-41-28-26-23-20-17-14-11-8-5-2/h7-12,16-21,25-28,30-31,33-34,36-37,39-40,43-48,52,54-55,57,68H,4-6,13-15,22-24,29,32,35,38,41-42,49-51,53,56,58-67H2,1-3H3/b10-7-,11-8-,12-9-,19-16-,20-17-,21-18-,27-25-,28-26-,31-30-,34-33-,37-36-,40-39-,46-43-,47-44-,48-45-,55-52-,57-54-. The van der Waals surface area contributed by atoms with Crippen LogP contribution in [0.1, 0.15) is 201 Å². The Hall–Kier alpha value is -6.01. The second kappa shape index (κ2) is 62.5. The zero-order chi connectivity index (χ0) is 55.7. The average Bonchev–Trinajstić information content (AvgIpc) is 3.43. The lowest BCUT2D eigenvalue weighted by atomic mass is 10.1. The summed E-state index contributed by atoms with van der Waals surface area (Å²) < 4.78 is 16.7. The molecule has 0 aromatic heterocycles. The van der Waals surface area contributed by atoms with Crippen LogP contribution in [0.3, 0.4) is 0 Å². The SMILES string of the molecule is CC/C=C\C/C=C\C/C=C\C/C=C\C/C=C\C/C=C\C/C=C\C/C=C\C/C=C\CCCC(=O)OCC(COC(=O)CC/C=C\C/C=C\C/C=C\C/C=C\CC)OC(=O)CCCCCC/C=C\C/C=C\C/C=C\C/C=C\CC. The number of carbonyl (C=O) groups is 3. The predicted octanol–water partition coefficient (Wildman–Crippen LogP) is 20.4. The van der Waals surface area contributed by atoms with Gasteiger partial charge in [-0.15, -0.1) is 0 Å². The van der Waals surface area contributed by atoms with E-state index in [1.54, 1.807) is 0 Å². The van der Waals surface area contributed by atoms with Crippen LogP contribution in [0.25, 0.3) is 0 Å². The van der Waals surface area contributed by atoms with E-state index >= 15 is 0 Å². The van der Waals surface area contributed by atoms with E-state index in [2.05, 4.69) is 215 Å². The van der Waals surface area contributed by atoms with Gasteiger partial charge in [-0.2, -0.15) is 0 Å². The Kier molecular flexibility index (Phi) is 57.6. The van der Waals surface area contributed by atoms with E-state index in [9.17, 15) is 14.4 Å². The van der Waals surface area contributed by atoms with Crippen molar-refractivity contribution in [2.24, 2.45) is 0 Å². The van der Waals surface area contributed by atoms with Gasteiger partial charge in [-0.3, -0.25) is 14.4 Å². The summed E-state index contributed by atoms with van der Waals surface area (Å²) in [4.78, 5) is 38.1. The Morgan fingerprint density at radius 2 is 0.506 bits per heavy atom. The van der Waals surface area contributed by atoms with Crippen molar-refractivity contribution in [2.75, 3.05) is 13.2 Å². The van der Waals surface area contributed by atoms with E-state index in [0.29, 0.717) is 19.3 Å². The Morgan fingerprint density at radius 1 is 0.260 bits per heavy atom. The highest BCUT2D eigenvalue weighted by atomic mass is 16.6. The molecule has 6 nitrogen and oxygen atoms in total. The van der Waals surface area contributed by atoms with Gasteiger partial charge in [0, 0.05) is 19.3 Å². The van der Waals surface area contributed by atoms with Crippen molar-refractivity contribution in [3.8, 4) is 0 Å². The molecule has 0 aromatic carbocycles. The van der Waals surface area contributed by atoms with Crippen molar-refractivity contribution in [1.82, 2.24) is 0 Å². The van der Waals surface area contributed by atoms with Gasteiger partial charge >= 0.3 is 17.9 Å². The first kappa shape index (κ1) is 71.0. The number of hydrogen-bond donors (Lipinski definition) is 0. The molecule has 0 heterocycles. The van der Waals surface area contributed by atoms with Crippen LogP contribution in [0.2, 0.25) is 0 Å². The molecule has 0 aliphatic rings. The molecule has 1 atom stereocenters. The molecule has 0 aliphatic heterocycles. The number of rotatable bonds is 50. The van der Waals surface area contributed by atoms with Gasteiger partial charge in [0.1, 0.15) is 13.2 Å². The topological polar surface area (TPSA) is 78.9 Å². The number of esters is 3. The first-order valence-electron chi connectivity index (χ1n) is 29.6. The van der Waals surface area contributed by atoms with Gasteiger partial charge in [0.05, 0.1) is 0 Å². The van der Waals surface area contributed by atoms with Crippen LogP contribution in [-0.4, -0.2) is 37.2 Å². The number of allylic oxidation sites excluding steroid dienone is 34. The van der Waals surface area contributed by atoms with Crippen LogP contribution in [0.5, 0.6) is 0 Å². The van der Waals surface area contributed by atoms with Crippen LogP contribution >= 0.6 is 0 Å². The molecular weight excluding hydrogens is 949 g/mol. The third kappa shape index (κ3) is 60.7. The minimum atomic E-state index is -0.857. The fourth-order valence-corrected chi connectivity index (χ4v) is 6.98. The van der Waals surface area contributed by atoms with Crippen molar-refractivity contribution in [3.05, 3.63) is 207 Å². The minimum Gasteiger partial charge on any atom is -0.462 e. The average molecular weight is 1050 g/mol. The van der Waals surface area contributed by atoms with E-state index in [4.69, 9.17) is 14.2 Å². The maximum absolute atomic E-state index is 12.8. The van der Waals surface area contributed by atoms with E-state index in [1.807, 2.05) is 12.2 Å². The fraction of sp³-hybridized carbons (Fsp3) is 0.479. The molecule has 0 aromatic rings. The van der Waals surface area contributed by atoms with Crippen LogP contribution in [0, 0.1) is 0 Å². The van der Waals surface area contributed by atoms with Crippen LogP contribution in [0.15, 0.2) is 207 Å². The molecule has 1 unspecified atom stereocenters. The van der Waals surface area contributed by atoms with Crippen molar-refractivity contribution in [1.29, 1.82) is 0 Å². The molecule has 0 N–H and O–H groups in total. The van der Waals surface area contributed by atoms with E-state index in [1.165, 1.54) is 0 Å². The zero-order valence-electron chi connectivity index (χ0n) is 48.4. The monoisotopic (exact) mass is 1050 g/mol. The Bertz CT molecular complexity index is 1930. The van der Waals surface area contributed by atoms with Gasteiger partial charge in [0.25, 0.3) is 0 Å². The number of hydrogen-bond acceptors (Lipinski definition) is 6. The predicted molar refractivity (Wildman–Crippen MR) is 333 cm³/mol. The molecular formula is C71H104O6. The van der Waals surface area contributed by atoms with E-state index in [-0.39, 0.29) is 50.4 Å². The fourth-order valence-electron chi connectivity index (χ4n) is 6.98. The smallest absolute Gasteiger partial charge is 0.306 e. The minimum absolute atomic E-state index is 0.153. The third-order valence-corrected chi connectivity index (χ3v) is 11.3. The van der Waals surface area contributed by atoms with Crippen LogP contribution < -0.4 is 0 Å². The Morgan fingerprint density at radius 3 is 0.831 bits per heavy atom.